The van der Waals surface area contributed by atoms with Gasteiger partial charge in [-0.1, -0.05) is 33.6 Å². The number of hydrogen-bond acceptors (Lipinski definition) is 2. The van der Waals surface area contributed by atoms with Gasteiger partial charge in [-0.2, -0.15) is 0 Å². The number of amides is 1. The van der Waals surface area contributed by atoms with E-state index < -0.39 is 0 Å². The van der Waals surface area contributed by atoms with Crippen molar-refractivity contribution in [1.29, 1.82) is 0 Å². The van der Waals surface area contributed by atoms with Crippen molar-refractivity contribution >= 4 is 5.91 Å². The molecular formula is C15H28N2O. The van der Waals surface area contributed by atoms with Crippen LogP contribution in [0.2, 0.25) is 0 Å². The monoisotopic (exact) mass is 252 g/mol. The molecule has 0 aromatic carbocycles. The highest BCUT2D eigenvalue weighted by Gasteiger charge is 2.40. The second kappa shape index (κ2) is 5.60. The van der Waals surface area contributed by atoms with Crippen LogP contribution in [0.15, 0.2) is 0 Å². The predicted molar refractivity (Wildman–Crippen MR) is 74.1 cm³/mol. The highest BCUT2D eigenvalue weighted by molar-refractivity contribution is 5.82. The molecule has 1 aliphatic heterocycles. The van der Waals surface area contributed by atoms with Crippen molar-refractivity contribution in [3.8, 4) is 0 Å². The van der Waals surface area contributed by atoms with Crippen molar-refractivity contribution in [3.63, 3.8) is 0 Å². The average molecular weight is 252 g/mol. The molecule has 104 valence electrons. The lowest BCUT2D eigenvalue weighted by Gasteiger charge is -2.48. The van der Waals surface area contributed by atoms with Gasteiger partial charge in [-0.05, 0) is 37.0 Å². The van der Waals surface area contributed by atoms with Gasteiger partial charge in [-0.15, -0.1) is 0 Å². The van der Waals surface area contributed by atoms with Gasteiger partial charge in [-0.3, -0.25) is 4.79 Å². The Labute approximate surface area is 111 Å². The molecule has 2 fully saturated rings. The largest absolute Gasteiger partial charge is 0.338 e. The summed E-state index contributed by atoms with van der Waals surface area (Å²) in [5.41, 5.74) is 6.06. The third kappa shape index (κ3) is 2.56. The van der Waals surface area contributed by atoms with E-state index in [1.54, 1.807) is 0 Å². The Hall–Kier alpha value is -0.570. The number of nitrogens with two attached hydrogens (primary N) is 1. The Balaban J connectivity index is 2.10. The number of hydrogen-bond donors (Lipinski definition) is 1. The Bertz CT molecular complexity index is 303. The fourth-order valence-electron chi connectivity index (χ4n) is 3.66. The van der Waals surface area contributed by atoms with Crippen molar-refractivity contribution in [2.45, 2.75) is 65.0 Å². The molecule has 18 heavy (non-hydrogen) atoms. The van der Waals surface area contributed by atoms with Crippen molar-refractivity contribution in [2.75, 3.05) is 6.54 Å². The van der Waals surface area contributed by atoms with Gasteiger partial charge >= 0.3 is 0 Å². The minimum absolute atomic E-state index is 0.189. The van der Waals surface area contributed by atoms with Crippen LogP contribution in [0.1, 0.15) is 52.9 Å². The summed E-state index contributed by atoms with van der Waals surface area (Å²) in [4.78, 5) is 14.6. The molecule has 0 aromatic heterocycles. The summed E-state index contributed by atoms with van der Waals surface area (Å²) in [6, 6.07) is 0.154. The molecule has 0 radical (unpaired) electrons. The predicted octanol–water partition coefficient (Wildman–Crippen LogP) is 2.40. The van der Waals surface area contributed by atoms with Gasteiger partial charge in [0.05, 0.1) is 6.04 Å². The summed E-state index contributed by atoms with van der Waals surface area (Å²) in [7, 11) is 0. The van der Waals surface area contributed by atoms with Crippen molar-refractivity contribution in [3.05, 3.63) is 0 Å². The molecule has 3 heteroatoms. The second-order valence-corrected chi connectivity index (χ2v) is 6.58. The molecule has 4 atom stereocenters. The third-order valence-electron chi connectivity index (χ3n) is 5.02. The molecule has 2 aliphatic rings. The molecule has 1 saturated carbocycles. The van der Waals surface area contributed by atoms with Crippen LogP contribution in [0.4, 0.5) is 0 Å². The standard InChI is InChI=1S/C15H28N2O/c1-10(2)14(16)15(18)17-9-8-11(3)12-6-4-5-7-13(12)17/h10-14H,4-9,16H2,1-3H3/t11?,12?,13?,14-/m0/s1. The molecule has 0 spiro atoms. The van der Waals surface area contributed by atoms with Crippen LogP contribution in [-0.2, 0) is 4.79 Å². The maximum Gasteiger partial charge on any atom is 0.240 e. The molecule has 2 rings (SSSR count). The van der Waals surface area contributed by atoms with Gasteiger partial charge in [0.2, 0.25) is 5.91 Å². The minimum Gasteiger partial charge on any atom is -0.338 e. The highest BCUT2D eigenvalue weighted by Crippen LogP contribution is 2.39. The molecule has 3 nitrogen and oxygen atoms in total. The first kappa shape index (κ1) is 13.9. The number of rotatable bonds is 2. The third-order valence-corrected chi connectivity index (χ3v) is 5.02. The summed E-state index contributed by atoms with van der Waals surface area (Å²) in [6.07, 6.45) is 6.24. The van der Waals surface area contributed by atoms with Gasteiger partial charge in [0.15, 0.2) is 0 Å². The van der Waals surface area contributed by atoms with E-state index in [2.05, 4.69) is 11.8 Å². The minimum atomic E-state index is -0.319. The fourth-order valence-corrected chi connectivity index (χ4v) is 3.66. The van der Waals surface area contributed by atoms with Gasteiger partial charge < -0.3 is 10.6 Å². The first-order chi connectivity index (χ1) is 8.52. The SMILES string of the molecule is CC1CCN(C(=O)[C@@H](N)C(C)C)C2CCCCC12. The van der Waals surface area contributed by atoms with Crippen LogP contribution in [0.5, 0.6) is 0 Å². The number of carbonyl (C=O) groups is 1. The molecule has 2 N–H and O–H groups in total. The first-order valence-electron chi connectivity index (χ1n) is 7.58. The summed E-state index contributed by atoms with van der Waals surface area (Å²) in [6.45, 7) is 7.34. The van der Waals surface area contributed by atoms with Crippen LogP contribution in [0.3, 0.4) is 0 Å². The summed E-state index contributed by atoms with van der Waals surface area (Å²) >= 11 is 0. The molecule has 0 aromatic rings. The summed E-state index contributed by atoms with van der Waals surface area (Å²) < 4.78 is 0. The Morgan fingerprint density at radius 2 is 1.89 bits per heavy atom. The van der Waals surface area contributed by atoms with Crippen LogP contribution >= 0.6 is 0 Å². The molecule has 1 aliphatic carbocycles. The van der Waals surface area contributed by atoms with Crippen molar-refractivity contribution < 1.29 is 4.79 Å². The zero-order valence-corrected chi connectivity index (χ0v) is 12.1. The van der Waals surface area contributed by atoms with Crippen molar-refractivity contribution in [1.82, 2.24) is 4.90 Å². The average Bonchev–Trinajstić information content (AvgIpc) is 2.38. The van der Waals surface area contributed by atoms with Gasteiger partial charge in [0.1, 0.15) is 0 Å². The number of carbonyl (C=O) groups excluding carboxylic acids is 1. The van der Waals surface area contributed by atoms with E-state index in [0.29, 0.717) is 6.04 Å². The number of fused-ring (bicyclic) bond motifs is 1. The second-order valence-electron chi connectivity index (χ2n) is 6.58. The van der Waals surface area contributed by atoms with Gasteiger partial charge in [0.25, 0.3) is 0 Å². The zero-order valence-electron chi connectivity index (χ0n) is 12.1. The topological polar surface area (TPSA) is 46.3 Å². The Morgan fingerprint density at radius 3 is 2.56 bits per heavy atom. The van der Waals surface area contributed by atoms with E-state index in [0.717, 1.165) is 24.8 Å². The zero-order chi connectivity index (χ0) is 13.3. The quantitative estimate of drug-likeness (QED) is 0.820. The van der Waals surface area contributed by atoms with Crippen LogP contribution in [-0.4, -0.2) is 29.4 Å². The number of piperidine rings is 1. The first-order valence-corrected chi connectivity index (χ1v) is 7.58. The van der Waals surface area contributed by atoms with E-state index in [1.165, 1.54) is 25.7 Å². The highest BCUT2D eigenvalue weighted by atomic mass is 16.2. The van der Waals surface area contributed by atoms with E-state index in [4.69, 9.17) is 5.73 Å². The fraction of sp³-hybridized carbons (Fsp3) is 0.933. The van der Waals surface area contributed by atoms with E-state index >= 15 is 0 Å². The van der Waals surface area contributed by atoms with Gasteiger partial charge in [0, 0.05) is 12.6 Å². The summed E-state index contributed by atoms with van der Waals surface area (Å²) in [5, 5.41) is 0. The molecule has 1 heterocycles. The molecule has 1 amide bonds. The smallest absolute Gasteiger partial charge is 0.240 e. The van der Waals surface area contributed by atoms with E-state index in [9.17, 15) is 4.79 Å². The maximum absolute atomic E-state index is 12.5. The Kier molecular flexibility index (Phi) is 4.31. The van der Waals surface area contributed by atoms with Crippen LogP contribution < -0.4 is 5.73 Å². The summed E-state index contributed by atoms with van der Waals surface area (Å²) in [5.74, 6) is 1.91. The van der Waals surface area contributed by atoms with E-state index in [1.807, 2.05) is 13.8 Å². The Morgan fingerprint density at radius 1 is 1.22 bits per heavy atom. The molecule has 0 bridgehead atoms. The lowest BCUT2D eigenvalue weighted by Crippen LogP contribution is -2.57. The lowest BCUT2D eigenvalue weighted by atomic mass is 9.72. The molecular weight excluding hydrogens is 224 g/mol. The lowest BCUT2D eigenvalue weighted by molar-refractivity contribution is -0.141. The number of likely N-dealkylation sites (tertiary alicyclic amines) is 1. The number of nitrogens with zero attached hydrogens (tertiary/aromatic N) is 1. The van der Waals surface area contributed by atoms with Crippen LogP contribution in [0.25, 0.3) is 0 Å². The van der Waals surface area contributed by atoms with Crippen LogP contribution in [0, 0.1) is 17.8 Å². The van der Waals surface area contributed by atoms with Gasteiger partial charge in [-0.25, -0.2) is 0 Å². The maximum atomic E-state index is 12.5. The molecule has 1 saturated heterocycles. The normalized spacial score (nSPS) is 34.3. The molecule has 3 unspecified atom stereocenters. The van der Waals surface area contributed by atoms with E-state index in [-0.39, 0.29) is 17.9 Å². The van der Waals surface area contributed by atoms with Crippen molar-refractivity contribution in [2.24, 2.45) is 23.5 Å².